The molecule has 1 atom stereocenters. The monoisotopic (exact) mass is 376 g/mol. The second kappa shape index (κ2) is 6.51. The number of pyridine rings is 1. The van der Waals surface area contributed by atoms with Crippen LogP contribution in [0.15, 0.2) is 35.8 Å². The molecule has 1 fully saturated rings. The molecule has 132 valence electrons. The molecule has 8 heteroatoms. The van der Waals surface area contributed by atoms with E-state index in [0.717, 1.165) is 28.3 Å². The minimum atomic E-state index is -3.17. The zero-order valence-corrected chi connectivity index (χ0v) is 15.6. The number of hydrogen-bond donors (Lipinski definition) is 0. The first-order valence-electron chi connectivity index (χ1n) is 8.45. The van der Waals surface area contributed by atoms with Crippen molar-refractivity contribution in [3.8, 4) is 10.7 Å². The Morgan fingerprint density at radius 2 is 2.20 bits per heavy atom. The molecule has 1 aliphatic heterocycles. The molecule has 1 saturated heterocycles. The van der Waals surface area contributed by atoms with Gasteiger partial charge in [0, 0.05) is 19.3 Å². The lowest BCUT2D eigenvalue weighted by molar-refractivity contribution is 0.455. The fraction of sp³-hybridized carbons (Fsp3) is 0.412. The van der Waals surface area contributed by atoms with Crippen molar-refractivity contribution in [3.05, 3.63) is 35.8 Å². The van der Waals surface area contributed by atoms with E-state index in [1.165, 1.54) is 0 Å². The zero-order valence-electron chi connectivity index (χ0n) is 14.0. The minimum absolute atomic E-state index is 0.0589. The lowest BCUT2D eigenvalue weighted by Gasteiger charge is -2.18. The van der Waals surface area contributed by atoms with Crippen molar-refractivity contribution in [2.45, 2.75) is 25.8 Å². The molecule has 3 aromatic rings. The van der Waals surface area contributed by atoms with Gasteiger partial charge in [-0.2, -0.15) is 4.31 Å². The topological polar surface area (TPSA) is 68.1 Å². The molecule has 0 spiro atoms. The molecular formula is C17H20N4O2S2. The second-order valence-electron chi connectivity index (χ2n) is 6.25. The molecule has 0 saturated carbocycles. The highest BCUT2D eigenvalue weighted by Gasteiger charge is 2.34. The summed E-state index contributed by atoms with van der Waals surface area (Å²) in [6, 6.07) is 7.94. The number of fused-ring (bicyclic) bond motifs is 1. The van der Waals surface area contributed by atoms with Crippen molar-refractivity contribution >= 4 is 32.5 Å². The van der Waals surface area contributed by atoms with Crippen LogP contribution in [0.4, 0.5) is 0 Å². The van der Waals surface area contributed by atoms with Gasteiger partial charge in [0.1, 0.15) is 5.52 Å². The molecule has 0 amide bonds. The minimum Gasteiger partial charge on any atom is -0.304 e. The summed E-state index contributed by atoms with van der Waals surface area (Å²) in [7, 11) is -3.17. The van der Waals surface area contributed by atoms with Crippen LogP contribution in [0.5, 0.6) is 0 Å². The predicted octanol–water partition coefficient (Wildman–Crippen LogP) is 3.15. The normalized spacial score (nSPS) is 19.0. The number of aromatic nitrogens is 3. The van der Waals surface area contributed by atoms with Crippen molar-refractivity contribution in [3.63, 3.8) is 0 Å². The molecule has 0 aliphatic carbocycles. The van der Waals surface area contributed by atoms with E-state index in [1.807, 2.05) is 36.6 Å². The van der Waals surface area contributed by atoms with Crippen LogP contribution < -0.4 is 0 Å². The highest BCUT2D eigenvalue weighted by molar-refractivity contribution is 7.89. The molecule has 4 heterocycles. The van der Waals surface area contributed by atoms with Crippen molar-refractivity contribution in [1.82, 2.24) is 18.8 Å². The van der Waals surface area contributed by atoms with Crippen molar-refractivity contribution in [2.75, 3.05) is 18.8 Å². The number of sulfonamides is 1. The zero-order chi connectivity index (χ0) is 17.4. The van der Waals surface area contributed by atoms with Crippen molar-refractivity contribution in [2.24, 2.45) is 0 Å². The van der Waals surface area contributed by atoms with Gasteiger partial charge in [-0.3, -0.25) is 0 Å². The summed E-state index contributed by atoms with van der Waals surface area (Å²) in [5, 5.41) is 2.03. The Hall–Kier alpha value is -1.77. The fourth-order valence-corrected chi connectivity index (χ4v) is 5.68. The maximum atomic E-state index is 12.4. The Balaban J connectivity index is 1.76. The number of nitrogens with zero attached hydrogens (tertiary/aromatic N) is 4. The Labute approximate surface area is 151 Å². The van der Waals surface area contributed by atoms with E-state index in [0.29, 0.717) is 19.5 Å². The lowest BCUT2D eigenvalue weighted by Crippen LogP contribution is -2.31. The van der Waals surface area contributed by atoms with Crippen LogP contribution in [0.25, 0.3) is 21.9 Å². The summed E-state index contributed by atoms with van der Waals surface area (Å²) < 4.78 is 28.6. The highest BCUT2D eigenvalue weighted by Crippen LogP contribution is 2.34. The Bertz CT molecular complexity index is 979. The van der Waals surface area contributed by atoms with Gasteiger partial charge in [0.25, 0.3) is 0 Å². The first kappa shape index (κ1) is 16.7. The molecular weight excluding hydrogens is 356 g/mol. The van der Waals surface area contributed by atoms with Gasteiger partial charge in [-0.25, -0.2) is 18.4 Å². The molecule has 6 nitrogen and oxygen atoms in total. The second-order valence-corrected chi connectivity index (χ2v) is 9.28. The van der Waals surface area contributed by atoms with Crippen LogP contribution in [0.2, 0.25) is 0 Å². The smallest absolute Gasteiger partial charge is 0.214 e. The summed E-state index contributed by atoms with van der Waals surface area (Å²) in [6.45, 7) is 2.94. The largest absolute Gasteiger partial charge is 0.304 e. The summed E-state index contributed by atoms with van der Waals surface area (Å²) >= 11 is 1.64. The first-order chi connectivity index (χ1) is 12.1. The number of hydrogen-bond acceptors (Lipinski definition) is 5. The summed E-state index contributed by atoms with van der Waals surface area (Å²) in [5.74, 6) is 1.09. The molecule has 0 N–H and O–H groups in total. The maximum absolute atomic E-state index is 12.4. The van der Waals surface area contributed by atoms with E-state index >= 15 is 0 Å². The van der Waals surface area contributed by atoms with Crippen LogP contribution >= 0.6 is 11.3 Å². The van der Waals surface area contributed by atoms with E-state index in [-0.39, 0.29) is 11.8 Å². The molecule has 1 unspecified atom stereocenters. The van der Waals surface area contributed by atoms with Gasteiger partial charge in [-0.15, -0.1) is 11.3 Å². The Morgan fingerprint density at radius 3 is 2.96 bits per heavy atom. The van der Waals surface area contributed by atoms with Gasteiger partial charge in [-0.1, -0.05) is 13.0 Å². The van der Waals surface area contributed by atoms with Crippen molar-refractivity contribution < 1.29 is 8.42 Å². The summed E-state index contributed by atoms with van der Waals surface area (Å²) in [5.41, 5.74) is 1.67. The molecule has 25 heavy (non-hydrogen) atoms. The summed E-state index contributed by atoms with van der Waals surface area (Å²) in [6.07, 6.45) is 3.18. The van der Waals surface area contributed by atoms with Gasteiger partial charge in [-0.05, 0) is 36.4 Å². The van der Waals surface area contributed by atoms with Crippen LogP contribution in [0.3, 0.4) is 0 Å². The van der Waals surface area contributed by atoms with E-state index in [9.17, 15) is 8.42 Å². The maximum Gasteiger partial charge on any atom is 0.214 e. The molecule has 0 radical (unpaired) electrons. The quantitative estimate of drug-likeness (QED) is 0.686. The molecule has 4 rings (SSSR count). The summed E-state index contributed by atoms with van der Waals surface area (Å²) in [4.78, 5) is 10.4. The molecule has 0 bridgehead atoms. The molecule has 3 aromatic heterocycles. The van der Waals surface area contributed by atoms with Crippen LogP contribution in [0.1, 0.15) is 25.8 Å². The fourth-order valence-electron chi connectivity index (χ4n) is 3.42. The van der Waals surface area contributed by atoms with Gasteiger partial charge in [0.2, 0.25) is 10.0 Å². The Kier molecular flexibility index (Phi) is 4.35. The lowest BCUT2D eigenvalue weighted by atomic mass is 10.2. The third-order valence-electron chi connectivity index (χ3n) is 4.54. The highest BCUT2D eigenvalue weighted by atomic mass is 32.2. The third-order valence-corrected chi connectivity index (χ3v) is 7.45. The van der Waals surface area contributed by atoms with Gasteiger partial charge in [0.15, 0.2) is 11.5 Å². The van der Waals surface area contributed by atoms with Gasteiger partial charge in [0.05, 0.1) is 16.7 Å². The number of imidazole rings is 1. The number of rotatable bonds is 5. The molecule has 1 aliphatic rings. The molecule has 0 aromatic carbocycles. The predicted molar refractivity (Wildman–Crippen MR) is 100 cm³/mol. The van der Waals surface area contributed by atoms with Crippen molar-refractivity contribution in [1.29, 1.82) is 0 Å². The van der Waals surface area contributed by atoms with Crippen LogP contribution in [-0.4, -0.2) is 46.1 Å². The number of thiophene rings is 1. The van der Waals surface area contributed by atoms with Crippen LogP contribution in [0, 0.1) is 0 Å². The van der Waals surface area contributed by atoms with Gasteiger partial charge < -0.3 is 4.57 Å². The Morgan fingerprint density at radius 1 is 1.32 bits per heavy atom. The third kappa shape index (κ3) is 2.98. The van der Waals surface area contributed by atoms with E-state index in [4.69, 9.17) is 4.98 Å². The van der Waals surface area contributed by atoms with E-state index < -0.39 is 10.0 Å². The average Bonchev–Trinajstić information content (AvgIpc) is 3.32. The average molecular weight is 377 g/mol. The SMILES string of the molecule is CCCS(=O)(=O)N1CCC(n2c(-c3cccs3)nc3cccnc32)C1. The standard InChI is InChI=1S/C17H20N4O2S2/c1-2-11-25(22,23)20-9-7-13(12-20)21-16-14(5-3-8-18-16)19-17(21)15-6-4-10-24-15/h3-6,8,10,13H,2,7,9,11-12H2,1H3. The van der Waals surface area contributed by atoms with E-state index in [1.54, 1.807) is 21.8 Å². The first-order valence-corrected chi connectivity index (χ1v) is 10.9. The van der Waals surface area contributed by atoms with Crippen LogP contribution in [-0.2, 0) is 10.0 Å². The van der Waals surface area contributed by atoms with E-state index in [2.05, 4.69) is 9.55 Å². The van der Waals surface area contributed by atoms with Gasteiger partial charge >= 0.3 is 0 Å².